The highest BCUT2D eigenvalue weighted by atomic mass is 15.4. The Bertz CT molecular complexity index is 126. The van der Waals surface area contributed by atoms with Crippen molar-refractivity contribution in [3.8, 4) is 0 Å². The molecule has 1 saturated heterocycles. The second-order valence-electron chi connectivity index (χ2n) is 4.36. The summed E-state index contributed by atoms with van der Waals surface area (Å²) in [7, 11) is 0. The average Bonchev–Trinajstić information content (AvgIpc) is 2.06. The highest BCUT2D eigenvalue weighted by molar-refractivity contribution is 4.67. The van der Waals surface area contributed by atoms with Crippen LogP contribution in [0.2, 0.25) is 0 Å². The van der Waals surface area contributed by atoms with Crippen LogP contribution in [0.3, 0.4) is 0 Å². The largest absolute Gasteiger partial charge is 0.320 e. The van der Waals surface area contributed by atoms with E-state index >= 15 is 0 Å². The molecule has 0 radical (unpaired) electrons. The molecule has 2 atom stereocenters. The number of rotatable bonds is 2. The maximum Gasteiger partial charge on any atom is 0.0863 e. The van der Waals surface area contributed by atoms with Crippen LogP contribution in [0.4, 0.5) is 0 Å². The van der Waals surface area contributed by atoms with Crippen LogP contribution in [-0.4, -0.2) is 29.7 Å². The molecule has 0 unspecified atom stereocenters. The van der Waals surface area contributed by atoms with E-state index in [1.54, 1.807) is 0 Å². The standard InChI is InChI=1S/C11H24N/c1-5-12(6-2)10(3)8-7-9-11(12)4/h10-11H,5-9H2,1-4H3/q+1/t10-,11-/m1/s1. The maximum absolute atomic E-state index is 2.43. The fourth-order valence-corrected chi connectivity index (χ4v) is 3.13. The van der Waals surface area contributed by atoms with Crippen molar-refractivity contribution in [1.82, 2.24) is 0 Å². The van der Waals surface area contributed by atoms with Crippen LogP contribution in [0.5, 0.6) is 0 Å². The summed E-state index contributed by atoms with van der Waals surface area (Å²) in [5, 5.41) is 0. The molecule has 0 aromatic rings. The van der Waals surface area contributed by atoms with Gasteiger partial charge in [-0.05, 0) is 47.0 Å². The summed E-state index contributed by atoms with van der Waals surface area (Å²) < 4.78 is 1.36. The molecule has 0 aromatic carbocycles. The number of nitrogens with zero attached hydrogens (tertiary/aromatic N) is 1. The van der Waals surface area contributed by atoms with Gasteiger partial charge in [0.25, 0.3) is 0 Å². The van der Waals surface area contributed by atoms with Gasteiger partial charge < -0.3 is 4.48 Å². The molecule has 0 aromatic heterocycles. The average molecular weight is 170 g/mol. The maximum atomic E-state index is 2.43. The van der Waals surface area contributed by atoms with Crippen molar-refractivity contribution in [2.24, 2.45) is 0 Å². The van der Waals surface area contributed by atoms with E-state index in [1.807, 2.05) is 0 Å². The van der Waals surface area contributed by atoms with Gasteiger partial charge in [0.15, 0.2) is 0 Å². The SMILES string of the molecule is CC[N+]1(CC)[C@H](C)CCC[C@H]1C. The molecule has 1 nitrogen and oxygen atoms in total. The van der Waals surface area contributed by atoms with E-state index < -0.39 is 0 Å². The van der Waals surface area contributed by atoms with Crippen LogP contribution >= 0.6 is 0 Å². The summed E-state index contributed by atoms with van der Waals surface area (Å²) >= 11 is 0. The Morgan fingerprint density at radius 3 is 1.67 bits per heavy atom. The Morgan fingerprint density at radius 1 is 1.00 bits per heavy atom. The molecule has 0 bridgehead atoms. The smallest absolute Gasteiger partial charge is 0.0863 e. The molecule has 72 valence electrons. The topological polar surface area (TPSA) is 0 Å². The van der Waals surface area contributed by atoms with Crippen molar-refractivity contribution in [2.45, 2.75) is 59.0 Å². The van der Waals surface area contributed by atoms with Gasteiger partial charge in [0.1, 0.15) is 0 Å². The Labute approximate surface area is 77.4 Å². The third-order valence-electron chi connectivity index (χ3n) is 4.18. The van der Waals surface area contributed by atoms with Gasteiger partial charge in [-0.1, -0.05) is 0 Å². The second-order valence-corrected chi connectivity index (χ2v) is 4.36. The predicted molar refractivity (Wildman–Crippen MR) is 54.1 cm³/mol. The Hall–Kier alpha value is -0.0400. The van der Waals surface area contributed by atoms with E-state index in [4.69, 9.17) is 0 Å². The minimum absolute atomic E-state index is 0.892. The van der Waals surface area contributed by atoms with Gasteiger partial charge in [0, 0.05) is 0 Å². The van der Waals surface area contributed by atoms with E-state index in [1.165, 1.54) is 36.8 Å². The van der Waals surface area contributed by atoms with Gasteiger partial charge in [-0.15, -0.1) is 0 Å². The first kappa shape index (κ1) is 10.0. The fraction of sp³-hybridized carbons (Fsp3) is 1.00. The van der Waals surface area contributed by atoms with Crippen LogP contribution < -0.4 is 0 Å². The van der Waals surface area contributed by atoms with Crippen molar-refractivity contribution >= 4 is 0 Å². The number of quaternary nitrogens is 1. The first-order chi connectivity index (χ1) is 5.67. The van der Waals surface area contributed by atoms with E-state index in [9.17, 15) is 0 Å². The normalized spacial score (nSPS) is 35.0. The third kappa shape index (κ3) is 1.39. The van der Waals surface area contributed by atoms with Crippen LogP contribution in [0.25, 0.3) is 0 Å². The highest BCUT2D eigenvalue weighted by Crippen LogP contribution is 2.30. The molecule has 0 spiro atoms. The second kappa shape index (κ2) is 3.78. The molecule has 1 rings (SSSR count). The van der Waals surface area contributed by atoms with Crippen molar-refractivity contribution in [3.05, 3.63) is 0 Å². The molecule has 1 fully saturated rings. The van der Waals surface area contributed by atoms with Crippen molar-refractivity contribution < 1.29 is 4.48 Å². The van der Waals surface area contributed by atoms with E-state index in [0.29, 0.717) is 0 Å². The molecule has 0 aliphatic carbocycles. The fourth-order valence-electron chi connectivity index (χ4n) is 3.13. The Kier molecular flexibility index (Phi) is 3.16. The van der Waals surface area contributed by atoms with Crippen molar-refractivity contribution in [2.75, 3.05) is 13.1 Å². The van der Waals surface area contributed by atoms with Crippen molar-refractivity contribution in [3.63, 3.8) is 0 Å². The number of piperidine rings is 1. The minimum atomic E-state index is 0.892. The zero-order valence-corrected chi connectivity index (χ0v) is 9.14. The van der Waals surface area contributed by atoms with E-state index in [0.717, 1.165) is 12.1 Å². The molecule has 1 aliphatic heterocycles. The van der Waals surface area contributed by atoms with Gasteiger partial charge in [-0.25, -0.2) is 0 Å². The zero-order chi connectivity index (χ0) is 9.19. The lowest BCUT2D eigenvalue weighted by molar-refractivity contribution is -0.972. The lowest BCUT2D eigenvalue weighted by Crippen LogP contribution is -2.61. The van der Waals surface area contributed by atoms with Gasteiger partial charge in [0.2, 0.25) is 0 Å². The van der Waals surface area contributed by atoms with Gasteiger partial charge in [-0.3, -0.25) is 0 Å². The van der Waals surface area contributed by atoms with Crippen LogP contribution in [0.1, 0.15) is 47.0 Å². The predicted octanol–water partition coefficient (Wildman–Crippen LogP) is 2.80. The molecular formula is C11H24N+. The first-order valence-electron chi connectivity index (χ1n) is 5.53. The Morgan fingerprint density at radius 2 is 1.42 bits per heavy atom. The third-order valence-corrected chi connectivity index (χ3v) is 4.18. The zero-order valence-electron chi connectivity index (χ0n) is 9.14. The lowest BCUT2D eigenvalue weighted by atomic mass is 9.93. The lowest BCUT2D eigenvalue weighted by Gasteiger charge is -2.50. The monoisotopic (exact) mass is 170 g/mol. The van der Waals surface area contributed by atoms with E-state index in [2.05, 4.69) is 27.7 Å². The Balaban J connectivity index is 2.77. The van der Waals surface area contributed by atoms with Crippen LogP contribution in [0, 0.1) is 0 Å². The first-order valence-corrected chi connectivity index (χ1v) is 5.53. The highest BCUT2D eigenvalue weighted by Gasteiger charge is 2.38. The molecule has 12 heavy (non-hydrogen) atoms. The minimum Gasteiger partial charge on any atom is -0.320 e. The molecular weight excluding hydrogens is 146 g/mol. The summed E-state index contributed by atoms with van der Waals surface area (Å²) in [6.07, 6.45) is 4.32. The molecule has 0 amide bonds. The molecule has 0 N–H and O–H groups in total. The van der Waals surface area contributed by atoms with Gasteiger partial charge >= 0.3 is 0 Å². The summed E-state index contributed by atoms with van der Waals surface area (Å²) in [6.45, 7) is 12.2. The number of hydrogen-bond acceptors (Lipinski definition) is 0. The molecule has 1 heterocycles. The van der Waals surface area contributed by atoms with Crippen LogP contribution in [0.15, 0.2) is 0 Å². The number of hydrogen-bond donors (Lipinski definition) is 0. The number of likely N-dealkylation sites (tertiary alicyclic amines) is 1. The molecule has 1 heteroatoms. The van der Waals surface area contributed by atoms with E-state index in [-0.39, 0.29) is 0 Å². The van der Waals surface area contributed by atoms with Gasteiger partial charge in [-0.2, -0.15) is 0 Å². The molecule has 0 saturated carbocycles. The van der Waals surface area contributed by atoms with Crippen molar-refractivity contribution in [1.29, 1.82) is 0 Å². The van der Waals surface area contributed by atoms with Crippen LogP contribution in [-0.2, 0) is 0 Å². The summed E-state index contributed by atoms with van der Waals surface area (Å²) in [5.41, 5.74) is 0. The molecule has 1 aliphatic rings. The van der Waals surface area contributed by atoms with Gasteiger partial charge in [0.05, 0.1) is 25.2 Å². The summed E-state index contributed by atoms with van der Waals surface area (Å²) in [6, 6.07) is 1.78. The summed E-state index contributed by atoms with van der Waals surface area (Å²) in [4.78, 5) is 0. The quantitative estimate of drug-likeness (QED) is 0.559. The summed E-state index contributed by atoms with van der Waals surface area (Å²) in [5.74, 6) is 0.